The third kappa shape index (κ3) is 2.67. The third-order valence-electron chi connectivity index (χ3n) is 2.63. The summed E-state index contributed by atoms with van der Waals surface area (Å²) in [5.41, 5.74) is -0.0193. The molecule has 96 valence electrons. The fraction of sp³-hybridized carbons (Fsp3) is 0.231. The predicted octanol–water partition coefficient (Wildman–Crippen LogP) is 4.73. The topological polar surface area (TPSA) is 12.0 Å². The lowest BCUT2D eigenvalue weighted by atomic mass is 10.1. The number of benzene rings is 1. The Hall–Kier alpha value is -1.49. The van der Waals surface area contributed by atoms with E-state index in [1.54, 1.807) is 0 Å². The van der Waals surface area contributed by atoms with Crippen molar-refractivity contribution in [1.82, 2.24) is 0 Å². The Balaban J connectivity index is 2.25. The first-order valence-electron chi connectivity index (χ1n) is 5.56. The summed E-state index contributed by atoms with van der Waals surface area (Å²) in [6, 6.07) is 5.11. The molecule has 5 heteroatoms. The fourth-order valence-corrected chi connectivity index (χ4v) is 2.55. The second kappa shape index (κ2) is 5.44. The van der Waals surface area contributed by atoms with Crippen LogP contribution >= 0.6 is 11.3 Å². The van der Waals surface area contributed by atoms with Crippen molar-refractivity contribution in [2.45, 2.75) is 19.4 Å². The van der Waals surface area contributed by atoms with Crippen molar-refractivity contribution in [3.8, 4) is 0 Å². The van der Waals surface area contributed by atoms with Gasteiger partial charge in [0, 0.05) is 17.0 Å². The molecule has 0 fully saturated rings. The summed E-state index contributed by atoms with van der Waals surface area (Å²) in [5.74, 6) is -3.02. The average Bonchev–Trinajstić information content (AvgIpc) is 2.85. The zero-order valence-corrected chi connectivity index (χ0v) is 10.5. The van der Waals surface area contributed by atoms with Gasteiger partial charge in [-0.25, -0.2) is 13.2 Å². The first-order valence-corrected chi connectivity index (χ1v) is 6.44. The van der Waals surface area contributed by atoms with E-state index in [0.29, 0.717) is 6.07 Å². The molecule has 0 saturated carbocycles. The number of rotatable bonds is 4. The van der Waals surface area contributed by atoms with Crippen molar-refractivity contribution in [2.24, 2.45) is 0 Å². The van der Waals surface area contributed by atoms with E-state index in [0.717, 1.165) is 17.4 Å². The number of hydrogen-bond acceptors (Lipinski definition) is 2. The second-order valence-corrected chi connectivity index (χ2v) is 4.85. The monoisotopic (exact) mass is 271 g/mol. The molecule has 0 radical (unpaired) electrons. The van der Waals surface area contributed by atoms with E-state index >= 15 is 0 Å². The molecule has 0 spiro atoms. The molecule has 0 bridgehead atoms. The van der Waals surface area contributed by atoms with Crippen LogP contribution in [0, 0.1) is 17.5 Å². The van der Waals surface area contributed by atoms with E-state index in [2.05, 4.69) is 5.32 Å². The second-order valence-electron chi connectivity index (χ2n) is 3.87. The van der Waals surface area contributed by atoms with Crippen LogP contribution in [0.1, 0.15) is 24.3 Å². The predicted molar refractivity (Wildman–Crippen MR) is 67.3 cm³/mol. The van der Waals surface area contributed by atoms with E-state index in [9.17, 15) is 13.2 Å². The van der Waals surface area contributed by atoms with Gasteiger partial charge in [-0.3, -0.25) is 0 Å². The van der Waals surface area contributed by atoms with Crippen LogP contribution in [-0.2, 0) is 0 Å². The molecule has 0 aliphatic heterocycles. The van der Waals surface area contributed by atoms with Crippen LogP contribution in [0.5, 0.6) is 0 Å². The summed E-state index contributed by atoms with van der Waals surface area (Å²) in [5, 5.41) is 4.81. The van der Waals surface area contributed by atoms with Crippen molar-refractivity contribution in [2.75, 3.05) is 5.32 Å². The average molecular weight is 271 g/mol. The molecule has 1 aromatic heterocycles. The summed E-state index contributed by atoms with van der Waals surface area (Å²) in [6.07, 6.45) is 0.721. The molecule has 18 heavy (non-hydrogen) atoms. The first-order chi connectivity index (χ1) is 8.61. The van der Waals surface area contributed by atoms with Crippen LogP contribution in [-0.4, -0.2) is 0 Å². The maximum Gasteiger partial charge on any atom is 0.161 e. The Morgan fingerprint density at radius 2 is 1.89 bits per heavy atom. The molecular formula is C13H12F3NS. The van der Waals surface area contributed by atoms with Gasteiger partial charge in [-0.1, -0.05) is 13.0 Å². The van der Waals surface area contributed by atoms with Crippen LogP contribution in [0.3, 0.4) is 0 Å². The Bertz CT molecular complexity index is 525. The highest BCUT2D eigenvalue weighted by Gasteiger charge is 2.15. The van der Waals surface area contributed by atoms with Crippen molar-refractivity contribution in [3.63, 3.8) is 0 Å². The summed E-state index contributed by atoms with van der Waals surface area (Å²) in [6.45, 7) is 1.94. The van der Waals surface area contributed by atoms with Crippen LogP contribution in [0.2, 0.25) is 0 Å². The zero-order valence-electron chi connectivity index (χ0n) is 9.71. The lowest BCUT2D eigenvalue weighted by Crippen LogP contribution is -2.10. The molecule has 2 aromatic rings. The highest BCUT2D eigenvalue weighted by molar-refractivity contribution is 7.10. The number of hydrogen-bond donors (Lipinski definition) is 1. The minimum atomic E-state index is -1.18. The Labute approximate surface area is 107 Å². The van der Waals surface area contributed by atoms with Gasteiger partial charge < -0.3 is 5.32 Å². The van der Waals surface area contributed by atoms with Gasteiger partial charge in [-0.05, 0) is 17.9 Å². The quantitative estimate of drug-likeness (QED) is 0.793. The molecule has 2 rings (SSSR count). The summed E-state index contributed by atoms with van der Waals surface area (Å²) < 4.78 is 39.4. The van der Waals surface area contributed by atoms with Crippen molar-refractivity contribution in [1.29, 1.82) is 0 Å². The maximum atomic E-state index is 13.5. The smallest absolute Gasteiger partial charge is 0.161 e. The summed E-state index contributed by atoms with van der Waals surface area (Å²) in [7, 11) is 0. The lowest BCUT2D eigenvalue weighted by molar-refractivity contribution is 0.495. The van der Waals surface area contributed by atoms with Gasteiger partial charge in [0.15, 0.2) is 11.6 Å². The van der Waals surface area contributed by atoms with E-state index in [-0.39, 0.29) is 11.7 Å². The highest BCUT2D eigenvalue weighted by atomic mass is 32.1. The van der Waals surface area contributed by atoms with Crippen LogP contribution in [0.4, 0.5) is 18.9 Å². The summed E-state index contributed by atoms with van der Waals surface area (Å²) >= 11 is 1.54. The van der Waals surface area contributed by atoms with Crippen LogP contribution in [0.25, 0.3) is 0 Å². The lowest BCUT2D eigenvalue weighted by Gasteiger charge is -2.17. The number of thiophene rings is 1. The molecule has 1 N–H and O–H groups in total. The standard InChI is InChI=1S/C13H12F3NS/c1-2-11(13-4-3-5-18-13)17-12-7-9(15)8(14)6-10(12)16/h3-7,11,17H,2H2,1H3. The molecule has 0 saturated heterocycles. The number of halogens is 3. The van der Waals surface area contributed by atoms with E-state index in [1.165, 1.54) is 11.3 Å². The molecule has 0 amide bonds. The highest BCUT2D eigenvalue weighted by Crippen LogP contribution is 2.28. The minimum absolute atomic E-state index is 0.0193. The molecular weight excluding hydrogens is 259 g/mol. The molecule has 0 aliphatic carbocycles. The molecule has 1 atom stereocenters. The van der Waals surface area contributed by atoms with Gasteiger partial charge >= 0.3 is 0 Å². The molecule has 1 nitrogen and oxygen atoms in total. The molecule has 1 unspecified atom stereocenters. The third-order valence-corrected chi connectivity index (χ3v) is 3.62. The normalized spacial score (nSPS) is 12.4. The van der Waals surface area contributed by atoms with Crippen molar-refractivity contribution >= 4 is 17.0 Å². The zero-order chi connectivity index (χ0) is 13.1. The Morgan fingerprint density at radius 3 is 2.50 bits per heavy atom. The first kappa shape index (κ1) is 13.0. The van der Waals surface area contributed by atoms with Gasteiger partial charge in [0.25, 0.3) is 0 Å². The summed E-state index contributed by atoms with van der Waals surface area (Å²) in [4.78, 5) is 1.03. The molecule has 1 heterocycles. The molecule has 1 aromatic carbocycles. The van der Waals surface area contributed by atoms with Gasteiger partial charge in [-0.15, -0.1) is 11.3 Å². The Morgan fingerprint density at radius 1 is 1.17 bits per heavy atom. The molecule has 0 aliphatic rings. The van der Waals surface area contributed by atoms with Gasteiger partial charge in [0.05, 0.1) is 11.7 Å². The van der Waals surface area contributed by atoms with E-state index in [1.807, 2.05) is 24.4 Å². The van der Waals surface area contributed by atoms with Crippen LogP contribution in [0.15, 0.2) is 29.6 Å². The van der Waals surface area contributed by atoms with Gasteiger partial charge in [0.1, 0.15) is 5.82 Å². The van der Waals surface area contributed by atoms with Crippen molar-refractivity contribution < 1.29 is 13.2 Å². The van der Waals surface area contributed by atoms with Gasteiger partial charge in [-0.2, -0.15) is 0 Å². The van der Waals surface area contributed by atoms with Gasteiger partial charge in [0.2, 0.25) is 0 Å². The number of nitrogens with one attached hydrogen (secondary N) is 1. The van der Waals surface area contributed by atoms with Crippen LogP contribution < -0.4 is 5.32 Å². The minimum Gasteiger partial charge on any atom is -0.375 e. The fourth-order valence-electron chi connectivity index (χ4n) is 1.68. The van der Waals surface area contributed by atoms with Crippen molar-refractivity contribution in [3.05, 3.63) is 52.0 Å². The maximum absolute atomic E-state index is 13.5. The number of anilines is 1. The Kier molecular flexibility index (Phi) is 3.91. The van der Waals surface area contributed by atoms with E-state index in [4.69, 9.17) is 0 Å². The SMILES string of the molecule is CCC(Nc1cc(F)c(F)cc1F)c1cccs1. The van der Waals surface area contributed by atoms with E-state index < -0.39 is 17.5 Å². The largest absolute Gasteiger partial charge is 0.375 e.